The van der Waals surface area contributed by atoms with Crippen LogP contribution >= 0.6 is 23.2 Å². The largest absolute Gasteiger partial charge is 0.339 e. The molecule has 0 unspecified atom stereocenters. The number of hydrogen-bond acceptors (Lipinski definition) is 1. The van der Waals surface area contributed by atoms with Crippen molar-refractivity contribution in [2.45, 2.75) is 0 Å². The number of halogens is 2. The normalized spacial score (nSPS) is 11.4. The standard InChI is InChI=1S/C14H12Cl2N2/c1-17-14(10-6-8-11(15)9-7-10)18-13-5-3-2-4-12(13)16/h2-9H,1H3,(H,17,18). The Morgan fingerprint density at radius 1 is 1.00 bits per heavy atom. The highest BCUT2D eigenvalue weighted by Gasteiger charge is 2.05. The molecule has 0 fully saturated rings. The van der Waals surface area contributed by atoms with Crippen LogP contribution in [0.4, 0.5) is 5.69 Å². The van der Waals surface area contributed by atoms with Gasteiger partial charge in [-0.25, -0.2) is 0 Å². The van der Waals surface area contributed by atoms with Crippen LogP contribution in [0.2, 0.25) is 10.0 Å². The third-order valence-corrected chi connectivity index (χ3v) is 3.05. The summed E-state index contributed by atoms with van der Waals surface area (Å²) in [5, 5.41) is 4.57. The summed E-state index contributed by atoms with van der Waals surface area (Å²) in [5.41, 5.74) is 1.79. The minimum absolute atomic E-state index is 0.660. The van der Waals surface area contributed by atoms with E-state index in [4.69, 9.17) is 23.2 Å². The third kappa shape index (κ3) is 3.03. The number of aliphatic imine (C=N–C) groups is 1. The van der Waals surface area contributed by atoms with Gasteiger partial charge in [0.15, 0.2) is 0 Å². The fourth-order valence-corrected chi connectivity index (χ4v) is 1.86. The predicted molar refractivity (Wildman–Crippen MR) is 79.0 cm³/mol. The van der Waals surface area contributed by atoms with E-state index in [1.54, 1.807) is 7.05 Å². The average Bonchev–Trinajstić information content (AvgIpc) is 2.39. The van der Waals surface area contributed by atoms with Crippen molar-refractivity contribution in [3.63, 3.8) is 0 Å². The number of anilines is 1. The first-order valence-electron chi connectivity index (χ1n) is 5.45. The van der Waals surface area contributed by atoms with Crippen molar-refractivity contribution in [2.24, 2.45) is 4.99 Å². The van der Waals surface area contributed by atoms with E-state index in [2.05, 4.69) is 10.3 Å². The molecule has 18 heavy (non-hydrogen) atoms. The molecule has 0 radical (unpaired) electrons. The molecule has 2 nitrogen and oxygen atoms in total. The first kappa shape index (κ1) is 12.9. The summed E-state index contributed by atoms with van der Waals surface area (Å²) in [7, 11) is 1.73. The number of para-hydroxylation sites is 1. The molecule has 4 heteroatoms. The highest BCUT2D eigenvalue weighted by atomic mass is 35.5. The first-order valence-corrected chi connectivity index (χ1v) is 6.20. The lowest BCUT2D eigenvalue weighted by Crippen LogP contribution is -2.13. The lowest BCUT2D eigenvalue weighted by atomic mass is 10.2. The molecule has 0 atom stereocenters. The van der Waals surface area contributed by atoms with Gasteiger partial charge in [-0.05, 0) is 36.4 Å². The Balaban J connectivity index is 2.26. The molecular formula is C14H12Cl2N2. The molecule has 0 spiro atoms. The van der Waals surface area contributed by atoms with Crippen molar-refractivity contribution < 1.29 is 0 Å². The summed E-state index contributed by atoms with van der Waals surface area (Å²) < 4.78 is 0. The Bertz CT molecular complexity index is 562. The highest BCUT2D eigenvalue weighted by molar-refractivity contribution is 6.34. The second-order valence-corrected chi connectivity index (χ2v) is 4.53. The number of benzene rings is 2. The van der Waals surface area contributed by atoms with E-state index in [9.17, 15) is 0 Å². The van der Waals surface area contributed by atoms with Gasteiger partial charge in [0.1, 0.15) is 5.84 Å². The molecule has 0 aliphatic rings. The van der Waals surface area contributed by atoms with E-state index in [0.717, 1.165) is 17.1 Å². The number of nitrogens with zero attached hydrogens (tertiary/aromatic N) is 1. The molecule has 0 saturated heterocycles. The van der Waals surface area contributed by atoms with Crippen molar-refractivity contribution >= 4 is 34.7 Å². The molecule has 0 aliphatic carbocycles. The van der Waals surface area contributed by atoms with Gasteiger partial charge < -0.3 is 5.32 Å². The Labute approximate surface area is 116 Å². The van der Waals surface area contributed by atoms with Gasteiger partial charge in [0.25, 0.3) is 0 Å². The van der Waals surface area contributed by atoms with Crippen LogP contribution < -0.4 is 5.32 Å². The summed E-state index contributed by atoms with van der Waals surface area (Å²) in [5.74, 6) is 0.750. The molecule has 2 rings (SSSR count). The molecule has 0 aliphatic heterocycles. The third-order valence-electron chi connectivity index (χ3n) is 2.47. The summed E-state index contributed by atoms with van der Waals surface area (Å²) >= 11 is 12.0. The minimum Gasteiger partial charge on any atom is -0.339 e. The zero-order valence-electron chi connectivity index (χ0n) is 9.82. The Morgan fingerprint density at radius 3 is 2.28 bits per heavy atom. The first-order chi connectivity index (χ1) is 8.70. The maximum Gasteiger partial charge on any atom is 0.132 e. The van der Waals surface area contributed by atoms with Crippen LogP contribution in [0.3, 0.4) is 0 Å². The SMILES string of the molecule is CN=C(Nc1ccccc1Cl)c1ccc(Cl)cc1. The average molecular weight is 279 g/mol. The van der Waals surface area contributed by atoms with Gasteiger partial charge in [0, 0.05) is 17.6 Å². The second kappa shape index (κ2) is 5.89. The van der Waals surface area contributed by atoms with Crippen LogP contribution in [0.1, 0.15) is 5.56 Å². The van der Waals surface area contributed by atoms with E-state index >= 15 is 0 Å². The molecule has 0 heterocycles. The quantitative estimate of drug-likeness (QED) is 0.636. The van der Waals surface area contributed by atoms with Crippen molar-refractivity contribution in [1.82, 2.24) is 0 Å². The summed E-state index contributed by atoms with van der Waals surface area (Å²) in [6.07, 6.45) is 0. The zero-order valence-corrected chi connectivity index (χ0v) is 11.3. The van der Waals surface area contributed by atoms with E-state index in [1.165, 1.54) is 0 Å². The Kier molecular flexibility index (Phi) is 4.24. The number of rotatable bonds is 2. The zero-order chi connectivity index (χ0) is 13.0. The fourth-order valence-electron chi connectivity index (χ4n) is 1.56. The molecular weight excluding hydrogens is 267 g/mol. The van der Waals surface area contributed by atoms with Crippen molar-refractivity contribution in [1.29, 1.82) is 0 Å². The molecule has 2 aromatic carbocycles. The van der Waals surface area contributed by atoms with E-state index in [1.807, 2.05) is 48.5 Å². The lowest BCUT2D eigenvalue weighted by Gasteiger charge is -2.11. The van der Waals surface area contributed by atoms with Gasteiger partial charge in [0.05, 0.1) is 10.7 Å². The molecule has 0 saturated carbocycles. The lowest BCUT2D eigenvalue weighted by molar-refractivity contribution is 1.40. The van der Waals surface area contributed by atoms with Gasteiger partial charge in [-0.2, -0.15) is 0 Å². The smallest absolute Gasteiger partial charge is 0.132 e. The second-order valence-electron chi connectivity index (χ2n) is 3.68. The summed E-state index contributed by atoms with van der Waals surface area (Å²) in [6, 6.07) is 15.0. The maximum absolute atomic E-state index is 6.10. The van der Waals surface area contributed by atoms with Gasteiger partial charge in [-0.3, -0.25) is 4.99 Å². The van der Waals surface area contributed by atoms with Crippen molar-refractivity contribution in [3.05, 3.63) is 64.1 Å². The Morgan fingerprint density at radius 2 is 1.67 bits per heavy atom. The molecule has 1 N–H and O–H groups in total. The number of nitrogens with one attached hydrogen (secondary N) is 1. The molecule has 0 bridgehead atoms. The Hall–Kier alpha value is -1.51. The molecule has 0 aromatic heterocycles. The highest BCUT2D eigenvalue weighted by Crippen LogP contribution is 2.21. The van der Waals surface area contributed by atoms with Gasteiger partial charge in [-0.15, -0.1) is 0 Å². The molecule has 0 amide bonds. The molecule has 2 aromatic rings. The van der Waals surface area contributed by atoms with Crippen LogP contribution in [0, 0.1) is 0 Å². The van der Waals surface area contributed by atoms with E-state index < -0.39 is 0 Å². The number of amidine groups is 1. The minimum atomic E-state index is 0.660. The van der Waals surface area contributed by atoms with Crippen LogP contribution in [0.5, 0.6) is 0 Å². The molecule has 92 valence electrons. The van der Waals surface area contributed by atoms with E-state index in [-0.39, 0.29) is 0 Å². The van der Waals surface area contributed by atoms with E-state index in [0.29, 0.717) is 10.0 Å². The van der Waals surface area contributed by atoms with Gasteiger partial charge >= 0.3 is 0 Å². The number of hydrogen-bond donors (Lipinski definition) is 1. The van der Waals surface area contributed by atoms with Crippen LogP contribution in [-0.2, 0) is 0 Å². The van der Waals surface area contributed by atoms with Crippen LogP contribution in [-0.4, -0.2) is 12.9 Å². The van der Waals surface area contributed by atoms with Crippen LogP contribution in [0.15, 0.2) is 53.5 Å². The summed E-state index contributed by atoms with van der Waals surface area (Å²) in [4.78, 5) is 4.23. The predicted octanol–water partition coefficient (Wildman–Crippen LogP) is 4.48. The maximum atomic E-state index is 6.10. The fraction of sp³-hybridized carbons (Fsp3) is 0.0714. The topological polar surface area (TPSA) is 24.4 Å². The monoisotopic (exact) mass is 278 g/mol. The summed E-state index contributed by atoms with van der Waals surface area (Å²) in [6.45, 7) is 0. The van der Waals surface area contributed by atoms with Gasteiger partial charge in [0.2, 0.25) is 0 Å². The van der Waals surface area contributed by atoms with Crippen LogP contribution in [0.25, 0.3) is 0 Å². The van der Waals surface area contributed by atoms with Crippen molar-refractivity contribution in [3.8, 4) is 0 Å². The van der Waals surface area contributed by atoms with Crippen molar-refractivity contribution in [2.75, 3.05) is 12.4 Å². The van der Waals surface area contributed by atoms with Gasteiger partial charge in [-0.1, -0.05) is 35.3 Å².